The van der Waals surface area contributed by atoms with Crippen molar-refractivity contribution >= 4 is 11.9 Å². The molecule has 0 aliphatic carbocycles. The van der Waals surface area contributed by atoms with E-state index in [9.17, 15) is 24.9 Å². The molecule has 3 N–H and O–H groups in total. The Bertz CT molecular complexity index is 761. The van der Waals surface area contributed by atoms with E-state index >= 15 is 0 Å². The maximum absolute atomic E-state index is 12.1. The Hall–Kier alpha value is -1.96. The van der Waals surface area contributed by atoms with Crippen molar-refractivity contribution in [2.45, 2.75) is 180 Å². The van der Waals surface area contributed by atoms with Gasteiger partial charge in [-0.15, -0.1) is 0 Å². The second-order valence-electron chi connectivity index (χ2n) is 12.3. The van der Waals surface area contributed by atoms with E-state index in [0.29, 0.717) is 19.3 Å². The fourth-order valence-electron chi connectivity index (χ4n) is 4.95. The zero-order valence-electron chi connectivity index (χ0n) is 28.8. The first-order valence-corrected chi connectivity index (χ1v) is 18.2. The topological polar surface area (TPSA) is 113 Å². The molecule has 0 bridgehead atoms. The van der Waals surface area contributed by atoms with Crippen LogP contribution in [-0.2, 0) is 19.1 Å². The second-order valence-corrected chi connectivity index (χ2v) is 12.3. The molecule has 2 unspecified atom stereocenters. The van der Waals surface area contributed by atoms with Gasteiger partial charge in [-0.05, 0) is 51.4 Å². The van der Waals surface area contributed by atoms with E-state index in [1.807, 2.05) is 12.2 Å². The highest BCUT2D eigenvalue weighted by Crippen LogP contribution is 2.13. The highest BCUT2D eigenvalue weighted by Gasteiger charge is 2.18. The van der Waals surface area contributed by atoms with Gasteiger partial charge in [0.1, 0.15) is 6.61 Å². The molecule has 7 heteroatoms. The van der Waals surface area contributed by atoms with Crippen LogP contribution in [-0.4, -0.2) is 58.8 Å². The van der Waals surface area contributed by atoms with Crippen molar-refractivity contribution in [3.63, 3.8) is 0 Å². The molecule has 0 aliphatic heterocycles. The van der Waals surface area contributed by atoms with E-state index in [-0.39, 0.29) is 25.4 Å². The number of hydrogen-bond acceptors (Lipinski definition) is 7. The molecule has 0 radical (unpaired) electrons. The lowest BCUT2D eigenvalue weighted by Gasteiger charge is -2.17. The van der Waals surface area contributed by atoms with Crippen LogP contribution in [0.1, 0.15) is 162 Å². The Labute approximate surface area is 275 Å². The standard InChI is InChI=1S/C38H68O7/c1-3-5-7-9-11-13-15-17-19-21-23-25-28-35(40)36(41)29-27-31-37(42)44-33-34(32-39)45-38(43)30-26-24-22-20-18-16-14-12-10-8-6-4-2/h11,13,17,19,23,25,34-36,39-41H,3-10,12,14-16,18,20-22,24,26-33H2,1-2H3/b13-11-,19-17-,25-23-/t34-,35?,36?/m0/s1. The van der Waals surface area contributed by atoms with Gasteiger partial charge in [0.2, 0.25) is 0 Å². The Kier molecular flexibility index (Phi) is 31.9. The minimum atomic E-state index is -0.928. The lowest BCUT2D eigenvalue weighted by atomic mass is 10.0. The number of carbonyl (C=O) groups excluding carboxylic acids is 2. The Balaban J connectivity index is 3.85. The number of rotatable bonds is 32. The number of esters is 2. The summed E-state index contributed by atoms with van der Waals surface area (Å²) in [6.45, 7) is 3.84. The summed E-state index contributed by atoms with van der Waals surface area (Å²) >= 11 is 0. The molecule has 0 saturated heterocycles. The maximum Gasteiger partial charge on any atom is 0.306 e. The number of hydrogen-bond donors (Lipinski definition) is 3. The first kappa shape index (κ1) is 43.0. The lowest BCUT2D eigenvalue weighted by Crippen LogP contribution is -2.28. The van der Waals surface area contributed by atoms with E-state index in [1.54, 1.807) is 0 Å². The van der Waals surface area contributed by atoms with Gasteiger partial charge in [-0.3, -0.25) is 9.59 Å². The molecule has 45 heavy (non-hydrogen) atoms. The van der Waals surface area contributed by atoms with Gasteiger partial charge in [0.05, 0.1) is 18.8 Å². The Morgan fingerprint density at radius 3 is 1.71 bits per heavy atom. The summed E-state index contributed by atoms with van der Waals surface area (Å²) in [6, 6.07) is 0. The minimum Gasteiger partial charge on any atom is -0.462 e. The smallest absolute Gasteiger partial charge is 0.306 e. The number of aliphatic hydroxyl groups is 3. The molecule has 262 valence electrons. The molecule has 0 aromatic carbocycles. The van der Waals surface area contributed by atoms with E-state index in [1.165, 1.54) is 77.0 Å². The highest BCUT2D eigenvalue weighted by atomic mass is 16.6. The van der Waals surface area contributed by atoms with E-state index in [4.69, 9.17) is 9.47 Å². The van der Waals surface area contributed by atoms with Gasteiger partial charge in [-0.25, -0.2) is 0 Å². The third-order valence-electron chi connectivity index (χ3n) is 7.89. The van der Waals surface area contributed by atoms with Crippen molar-refractivity contribution in [1.82, 2.24) is 0 Å². The summed E-state index contributed by atoms with van der Waals surface area (Å²) in [5, 5.41) is 29.9. The van der Waals surface area contributed by atoms with Crippen LogP contribution >= 0.6 is 0 Å². The van der Waals surface area contributed by atoms with Crippen molar-refractivity contribution in [3.8, 4) is 0 Å². The second kappa shape index (κ2) is 33.4. The van der Waals surface area contributed by atoms with Crippen LogP contribution in [0.15, 0.2) is 36.5 Å². The molecule has 0 aromatic rings. The summed E-state index contributed by atoms with van der Waals surface area (Å²) in [5.41, 5.74) is 0. The van der Waals surface area contributed by atoms with E-state index in [0.717, 1.165) is 38.5 Å². The number of ether oxygens (including phenoxy) is 2. The molecule has 0 fully saturated rings. The molecule has 0 saturated carbocycles. The quantitative estimate of drug-likeness (QED) is 0.0384. The van der Waals surface area contributed by atoms with Gasteiger partial charge >= 0.3 is 11.9 Å². The predicted octanol–water partition coefficient (Wildman–Crippen LogP) is 8.84. The number of unbranched alkanes of at least 4 members (excludes halogenated alkanes) is 14. The Morgan fingerprint density at radius 2 is 1.11 bits per heavy atom. The van der Waals surface area contributed by atoms with Gasteiger partial charge < -0.3 is 24.8 Å². The van der Waals surface area contributed by atoms with Crippen molar-refractivity contribution in [2.24, 2.45) is 0 Å². The first-order chi connectivity index (χ1) is 21.9. The van der Waals surface area contributed by atoms with Gasteiger partial charge in [0.25, 0.3) is 0 Å². The summed E-state index contributed by atoms with van der Waals surface area (Å²) in [6.07, 6.45) is 32.3. The normalized spacial score (nSPS) is 14.0. The van der Waals surface area contributed by atoms with Crippen LogP contribution in [0.25, 0.3) is 0 Å². The van der Waals surface area contributed by atoms with Crippen molar-refractivity contribution in [1.29, 1.82) is 0 Å². The van der Waals surface area contributed by atoms with Crippen LogP contribution in [0.2, 0.25) is 0 Å². The van der Waals surface area contributed by atoms with E-state index in [2.05, 4.69) is 38.2 Å². The average molecular weight is 637 g/mol. The van der Waals surface area contributed by atoms with Crippen LogP contribution in [0.5, 0.6) is 0 Å². The zero-order valence-corrected chi connectivity index (χ0v) is 28.8. The third kappa shape index (κ3) is 30.5. The van der Waals surface area contributed by atoms with Crippen molar-refractivity contribution in [3.05, 3.63) is 36.5 Å². The van der Waals surface area contributed by atoms with Crippen molar-refractivity contribution < 1.29 is 34.4 Å². The maximum atomic E-state index is 12.1. The predicted molar refractivity (Wildman–Crippen MR) is 185 cm³/mol. The largest absolute Gasteiger partial charge is 0.462 e. The SMILES string of the molecule is CCCCC/C=C\C/C=C\C/C=C\CC(O)C(O)CCCC(=O)OC[C@H](CO)OC(=O)CCCCCCCCCCCCCC. The molecule has 0 rings (SSSR count). The third-order valence-corrected chi connectivity index (χ3v) is 7.89. The molecule has 0 aliphatic rings. The number of allylic oxidation sites excluding steroid dienone is 5. The van der Waals surface area contributed by atoms with Gasteiger partial charge in [0, 0.05) is 12.8 Å². The molecular weight excluding hydrogens is 568 g/mol. The molecule has 0 aromatic heterocycles. The molecule has 3 atom stereocenters. The summed E-state index contributed by atoms with van der Waals surface area (Å²) in [7, 11) is 0. The minimum absolute atomic E-state index is 0.0718. The monoisotopic (exact) mass is 636 g/mol. The highest BCUT2D eigenvalue weighted by molar-refractivity contribution is 5.70. The fraction of sp³-hybridized carbons (Fsp3) is 0.789. The zero-order chi connectivity index (χ0) is 33.2. The molecular formula is C38H68O7. The number of aliphatic hydroxyl groups excluding tert-OH is 3. The van der Waals surface area contributed by atoms with Crippen LogP contribution < -0.4 is 0 Å². The van der Waals surface area contributed by atoms with Crippen LogP contribution in [0, 0.1) is 0 Å². The molecule has 0 spiro atoms. The summed E-state index contributed by atoms with van der Waals surface area (Å²) in [4.78, 5) is 24.2. The van der Waals surface area contributed by atoms with Crippen molar-refractivity contribution in [2.75, 3.05) is 13.2 Å². The van der Waals surface area contributed by atoms with Gasteiger partial charge in [0.15, 0.2) is 6.10 Å². The molecule has 7 nitrogen and oxygen atoms in total. The van der Waals surface area contributed by atoms with Gasteiger partial charge in [-0.1, -0.05) is 134 Å². The van der Waals surface area contributed by atoms with Crippen LogP contribution in [0.3, 0.4) is 0 Å². The first-order valence-electron chi connectivity index (χ1n) is 18.2. The summed E-state index contributed by atoms with van der Waals surface area (Å²) < 4.78 is 10.4. The lowest BCUT2D eigenvalue weighted by molar-refractivity contribution is -0.161. The number of carbonyl (C=O) groups is 2. The van der Waals surface area contributed by atoms with Crippen LogP contribution in [0.4, 0.5) is 0 Å². The van der Waals surface area contributed by atoms with E-state index < -0.39 is 30.9 Å². The average Bonchev–Trinajstić information content (AvgIpc) is 3.03. The van der Waals surface area contributed by atoms with Gasteiger partial charge in [-0.2, -0.15) is 0 Å². The summed E-state index contributed by atoms with van der Waals surface area (Å²) in [5.74, 6) is -0.876. The fourth-order valence-corrected chi connectivity index (χ4v) is 4.95. The molecule has 0 heterocycles. The Morgan fingerprint density at radius 1 is 0.600 bits per heavy atom. The molecule has 0 amide bonds.